The van der Waals surface area contributed by atoms with Crippen LogP contribution in [0, 0.1) is 11.6 Å². The Morgan fingerprint density at radius 1 is 1.17 bits per heavy atom. The van der Waals surface area contributed by atoms with Gasteiger partial charge in [0.1, 0.15) is 16.5 Å². The maximum atomic E-state index is 13.5. The SMILES string of the molecule is Cl.O=S(=O)(c1cncc(F)c1)N1CCNCC1c1cccc(F)c1. The Morgan fingerprint density at radius 2 is 1.96 bits per heavy atom. The van der Waals surface area contributed by atoms with E-state index in [1.807, 2.05) is 0 Å². The predicted octanol–water partition coefficient (Wildman–Crippen LogP) is 2.12. The van der Waals surface area contributed by atoms with Gasteiger partial charge in [0.25, 0.3) is 0 Å². The standard InChI is InChI=1S/C15H15F2N3O2S.ClH/c16-12-3-1-2-11(6-12)15-10-18-4-5-20(15)23(21,22)14-7-13(17)8-19-9-14;/h1-3,6-9,15,18H,4-5,10H2;1H. The van der Waals surface area contributed by atoms with E-state index in [1.54, 1.807) is 6.07 Å². The Kier molecular flexibility index (Phi) is 5.87. The van der Waals surface area contributed by atoms with Crippen molar-refractivity contribution in [2.75, 3.05) is 19.6 Å². The maximum absolute atomic E-state index is 13.5. The molecule has 1 aliphatic heterocycles. The summed E-state index contributed by atoms with van der Waals surface area (Å²) in [5, 5.41) is 3.10. The van der Waals surface area contributed by atoms with Crippen LogP contribution in [-0.2, 0) is 10.0 Å². The zero-order valence-corrected chi connectivity index (χ0v) is 14.2. The van der Waals surface area contributed by atoms with Crippen molar-refractivity contribution >= 4 is 22.4 Å². The molecule has 2 aromatic rings. The summed E-state index contributed by atoms with van der Waals surface area (Å²) < 4.78 is 53.7. The van der Waals surface area contributed by atoms with E-state index in [1.165, 1.54) is 22.5 Å². The molecule has 9 heteroatoms. The summed E-state index contributed by atoms with van der Waals surface area (Å²) in [6.07, 6.45) is 2.06. The fourth-order valence-electron chi connectivity index (χ4n) is 2.64. The Hall–Kier alpha value is -1.61. The predicted molar refractivity (Wildman–Crippen MR) is 87.3 cm³/mol. The third-order valence-corrected chi connectivity index (χ3v) is 5.59. The summed E-state index contributed by atoms with van der Waals surface area (Å²) in [5.74, 6) is -1.15. The fraction of sp³-hybridized carbons (Fsp3) is 0.267. The van der Waals surface area contributed by atoms with Gasteiger partial charge in [0.2, 0.25) is 10.0 Å². The van der Waals surface area contributed by atoms with E-state index in [9.17, 15) is 17.2 Å². The molecule has 0 radical (unpaired) electrons. The van der Waals surface area contributed by atoms with Gasteiger partial charge in [-0.05, 0) is 23.8 Å². The van der Waals surface area contributed by atoms with E-state index in [0.717, 1.165) is 18.5 Å². The zero-order valence-electron chi connectivity index (χ0n) is 12.5. The molecule has 5 nitrogen and oxygen atoms in total. The normalized spacial score (nSPS) is 18.8. The fourth-order valence-corrected chi connectivity index (χ4v) is 4.23. The second-order valence-electron chi connectivity index (χ2n) is 5.23. The lowest BCUT2D eigenvalue weighted by Crippen LogP contribution is -2.48. The van der Waals surface area contributed by atoms with Gasteiger partial charge in [0, 0.05) is 25.8 Å². The summed E-state index contributed by atoms with van der Waals surface area (Å²) in [5.41, 5.74) is 0.546. The highest BCUT2D eigenvalue weighted by atomic mass is 35.5. The van der Waals surface area contributed by atoms with E-state index < -0.39 is 27.7 Å². The van der Waals surface area contributed by atoms with Crippen LogP contribution in [0.4, 0.5) is 8.78 Å². The Labute approximate surface area is 145 Å². The van der Waals surface area contributed by atoms with Crippen LogP contribution in [0.5, 0.6) is 0 Å². The van der Waals surface area contributed by atoms with E-state index in [2.05, 4.69) is 10.3 Å². The molecule has 1 unspecified atom stereocenters. The minimum absolute atomic E-state index is 0. The Morgan fingerprint density at radius 3 is 2.67 bits per heavy atom. The summed E-state index contributed by atoms with van der Waals surface area (Å²) >= 11 is 0. The number of benzene rings is 1. The lowest BCUT2D eigenvalue weighted by molar-refractivity contribution is 0.271. The molecule has 0 amide bonds. The molecule has 3 rings (SSSR count). The molecule has 130 valence electrons. The van der Waals surface area contributed by atoms with Crippen molar-refractivity contribution in [2.24, 2.45) is 0 Å². The smallest absolute Gasteiger partial charge is 0.245 e. The molecule has 1 aromatic heterocycles. The highest BCUT2D eigenvalue weighted by Crippen LogP contribution is 2.29. The number of hydrogen-bond donors (Lipinski definition) is 1. The van der Waals surface area contributed by atoms with Crippen LogP contribution in [0.2, 0.25) is 0 Å². The van der Waals surface area contributed by atoms with Crippen molar-refractivity contribution in [1.82, 2.24) is 14.6 Å². The van der Waals surface area contributed by atoms with Crippen molar-refractivity contribution in [2.45, 2.75) is 10.9 Å². The van der Waals surface area contributed by atoms with Crippen LogP contribution < -0.4 is 5.32 Å². The van der Waals surface area contributed by atoms with Crippen molar-refractivity contribution in [3.05, 3.63) is 59.9 Å². The molecule has 1 fully saturated rings. The van der Waals surface area contributed by atoms with Crippen molar-refractivity contribution in [3.8, 4) is 0 Å². The number of nitrogens with zero attached hydrogens (tertiary/aromatic N) is 2. The Balaban J connectivity index is 0.00000208. The molecule has 0 saturated carbocycles. The number of sulfonamides is 1. The van der Waals surface area contributed by atoms with Gasteiger partial charge in [-0.1, -0.05) is 12.1 Å². The summed E-state index contributed by atoms with van der Waals surface area (Å²) in [4.78, 5) is 3.39. The molecule has 24 heavy (non-hydrogen) atoms. The number of aromatic nitrogens is 1. The van der Waals surface area contributed by atoms with E-state index in [4.69, 9.17) is 0 Å². The average molecular weight is 376 g/mol. The summed E-state index contributed by atoms with van der Waals surface area (Å²) in [7, 11) is -3.93. The monoisotopic (exact) mass is 375 g/mol. The minimum atomic E-state index is -3.93. The first-order valence-corrected chi connectivity index (χ1v) is 8.51. The van der Waals surface area contributed by atoms with Crippen molar-refractivity contribution < 1.29 is 17.2 Å². The molecule has 1 aromatic carbocycles. The molecule has 2 heterocycles. The highest BCUT2D eigenvalue weighted by Gasteiger charge is 2.34. The van der Waals surface area contributed by atoms with Crippen molar-refractivity contribution in [1.29, 1.82) is 0 Å². The topological polar surface area (TPSA) is 62.3 Å². The van der Waals surface area contributed by atoms with Gasteiger partial charge in [0.05, 0.1) is 12.2 Å². The quantitative estimate of drug-likeness (QED) is 0.892. The third kappa shape index (κ3) is 3.72. The molecule has 0 spiro atoms. The van der Waals surface area contributed by atoms with Gasteiger partial charge < -0.3 is 5.32 Å². The van der Waals surface area contributed by atoms with Crippen LogP contribution in [0.15, 0.2) is 47.6 Å². The van der Waals surface area contributed by atoms with E-state index in [0.29, 0.717) is 18.7 Å². The number of hydrogen-bond acceptors (Lipinski definition) is 4. The highest BCUT2D eigenvalue weighted by molar-refractivity contribution is 7.89. The summed E-state index contributed by atoms with van der Waals surface area (Å²) in [6.45, 7) is 1.03. The van der Waals surface area contributed by atoms with E-state index >= 15 is 0 Å². The lowest BCUT2D eigenvalue weighted by atomic mass is 10.1. The molecule has 0 aliphatic carbocycles. The maximum Gasteiger partial charge on any atom is 0.245 e. The second-order valence-corrected chi connectivity index (χ2v) is 7.12. The molecule has 1 atom stereocenters. The second kappa shape index (κ2) is 7.52. The largest absolute Gasteiger partial charge is 0.313 e. The third-order valence-electron chi connectivity index (χ3n) is 3.71. The first-order chi connectivity index (χ1) is 11.0. The van der Waals surface area contributed by atoms with Crippen LogP contribution in [0.1, 0.15) is 11.6 Å². The molecular formula is C15H16ClF2N3O2S. The van der Waals surface area contributed by atoms with Gasteiger partial charge >= 0.3 is 0 Å². The first kappa shape index (κ1) is 18.7. The van der Waals surface area contributed by atoms with Gasteiger partial charge in [-0.3, -0.25) is 4.98 Å². The van der Waals surface area contributed by atoms with Crippen LogP contribution in [-0.4, -0.2) is 37.3 Å². The molecule has 1 N–H and O–H groups in total. The van der Waals surface area contributed by atoms with E-state index in [-0.39, 0.29) is 23.8 Å². The average Bonchev–Trinajstić information content (AvgIpc) is 2.55. The minimum Gasteiger partial charge on any atom is -0.313 e. The summed E-state index contributed by atoms with van der Waals surface area (Å²) in [6, 6.07) is 6.19. The van der Waals surface area contributed by atoms with Gasteiger partial charge in [-0.2, -0.15) is 4.31 Å². The first-order valence-electron chi connectivity index (χ1n) is 7.07. The molecular weight excluding hydrogens is 360 g/mol. The molecule has 0 bridgehead atoms. The van der Waals surface area contributed by atoms with Crippen LogP contribution >= 0.6 is 12.4 Å². The van der Waals surface area contributed by atoms with Crippen molar-refractivity contribution in [3.63, 3.8) is 0 Å². The number of nitrogens with one attached hydrogen (secondary N) is 1. The van der Waals surface area contributed by atoms with Gasteiger partial charge in [-0.15, -0.1) is 12.4 Å². The molecule has 1 aliphatic rings. The number of piperazine rings is 1. The lowest BCUT2D eigenvalue weighted by Gasteiger charge is -2.35. The number of rotatable bonds is 3. The number of pyridine rings is 1. The van der Waals surface area contributed by atoms with Crippen LogP contribution in [0.3, 0.4) is 0 Å². The van der Waals surface area contributed by atoms with Gasteiger partial charge in [-0.25, -0.2) is 17.2 Å². The number of halogens is 3. The zero-order chi connectivity index (χ0) is 16.4. The van der Waals surface area contributed by atoms with Crippen LogP contribution in [0.25, 0.3) is 0 Å². The molecule has 1 saturated heterocycles. The van der Waals surface area contributed by atoms with Gasteiger partial charge in [0.15, 0.2) is 0 Å². The Bertz CT molecular complexity index is 820.